The Balaban J connectivity index is 1.79. The highest BCUT2D eigenvalue weighted by Crippen LogP contribution is 2.33. The first-order valence-electron chi connectivity index (χ1n) is 9.86. The molecule has 0 bridgehead atoms. The largest absolute Gasteiger partial charge is 0.497 e. The van der Waals surface area contributed by atoms with Gasteiger partial charge in [-0.05, 0) is 62.1 Å². The third kappa shape index (κ3) is 4.60. The first kappa shape index (κ1) is 22.1. The van der Waals surface area contributed by atoms with Crippen molar-refractivity contribution in [2.75, 3.05) is 32.6 Å². The summed E-state index contributed by atoms with van der Waals surface area (Å²) in [5, 5.41) is 2.93. The van der Waals surface area contributed by atoms with Crippen LogP contribution in [-0.2, 0) is 14.8 Å². The minimum absolute atomic E-state index is 0.0413. The quantitative estimate of drug-likeness (QED) is 0.757. The summed E-state index contributed by atoms with van der Waals surface area (Å²) in [5.74, 6) is 0.0791. The summed E-state index contributed by atoms with van der Waals surface area (Å²) in [5.41, 5.74) is 2.96. The smallest absolute Gasteiger partial charge is 0.246 e. The number of benzene rings is 2. The molecule has 0 saturated carbocycles. The lowest BCUT2D eigenvalue weighted by atomic mass is 9.98. The summed E-state index contributed by atoms with van der Waals surface area (Å²) in [6.45, 7) is 4.48. The molecular formula is C22H28N2O5S. The Bertz CT molecular complexity index is 1040. The SMILES string of the molecule is COc1ccc(OC)c(S(=O)(=O)N2CCC[C@@H](C(=O)Nc3ccc(C)c(C)c3)C2)c1. The van der Waals surface area contributed by atoms with Gasteiger partial charge in [0.25, 0.3) is 0 Å². The van der Waals surface area contributed by atoms with Gasteiger partial charge in [0.1, 0.15) is 16.4 Å². The number of carbonyl (C=O) groups is 1. The van der Waals surface area contributed by atoms with Crippen molar-refractivity contribution in [1.29, 1.82) is 0 Å². The predicted molar refractivity (Wildman–Crippen MR) is 116 cm³/mol. The zero-order valence-corrected chi connectivity index (χ0v) is 18.6. The number of hydrogen-bond acceptors (Lipinski definition) is 5. The molecule has 1 fully saturated rings. The molecule has 30 heavy (non-hydrogen) atoms. The maximum atomic E-state index is 13.3. The summed E-state index contributed by atoms with van der Waals surface area (Å²) < 4.78 is 38.4. The van der Waals surface area contributed by atoms with Crippen LogP contribution in [0.25, 0.3) is 0 Å². The zero-order valence-electron chi connectivity index (χ0n) is 17.8. The average molecular weight is 433 g/mol. The number of ether oxygens (including phenoxy) is 2. The molecule has 8 heteroatoms. The third-order valence-corrected chi connectivity index (χ3v) is 7.40. The van der Waals surface area contributed by atoms with Gasteiger partial charge < -0.3 is 14.8 Å². The standard InChI is InChI=1S/C22H28N2O5S/c1-15-7-8-18(12-16(15)2)23-22(25)17-6-5-11-24(14-17)30(26,27)21-13-19(28-3)9-10-20(21)29-4/h7-10,12-13,17H,5-6,11,14H2,1-4H3,(H,23,25)/t17-/m1/s1. The van der Waals surface area contributed by atoms with Crippen molar-refractivity contribution in [1.82, 2.24) is 4.31 Å². The van der Waals surface area contributed by atoms with Crippen LogP contribution in [0.5, 0.6) is 11.5 Å². The van der Waals surface area contributed by atoms with Gasteiger partial charge in [0.2, 0.25) is 15.9 Å². The fourth-order valence-electron chi connectivity index (χ4n) is 3.56. The van der Waals surface area contributed by atoms with E-state index in [1.165, 1.54) is 24.6 Å². The molecule has 3 rings (SSSR count). The Labute approximate surface area is 178 Å². The van der Waals surface area contributed by atoms with E-state index in [9.17, 15) is 13.2 Å². The van der Waals surface area contributed by atoms with Crippen molar-refractivity contribution in [3.8, 4) is 11.5 Å². The molecule has 1 heterocycles. The van der Waals surface area contributed by atoms with Crippen molar-refractivity contribution >= 4 is 21.6 Å². The Hall–Kier alpha value is -2.58. The van der Waals surface area contributed by atoms with E-state index in [4.69, 9.17) is 9.47 Å². The van der Waals surface area contributed by atoms with E-state index < -0.39 is 15.9 Å². The van der Waals surface area contributed by atoms with Crippen LogP contribution >= 0.6 is 0 Å². The van der Waals surface area contributed by atoms with Crippen LogP contribution in [0.3, 0.4) is 0 Å². The van der Waals surface area contributed by atoms with Gasteiger partial charge in [0.05, 0.1) is 20.1 Å². The molecule has 0 aliphatic carbocycles. The number of aryl methyl sites for hydroxylation is 2. The first-order valence-corrected chi connectivity index (χ1v) is 11.3. The lowest BCUT2D eigenvalue weighted by Gasteiger charge is -2.31. The molecule has 7 nitrogen and oxygen atoms in total. The fraction of sp³-hybridized carbons (Fsp3) is 0.409. The van der Waals surface area contributed by atoms with Crippen molar-refractivity contribution in [2.45, 2.75) is 31.6 Å². The van der Waals surface area contributed by atoms with Crippen molar-refractivity contribution < 1.29 is 22.7 Å². The van der Waals surface area contributed by atoms with Gasteiger partial charge in [0.15, 0.2) is 0 Å². The monoisotopic (exact) mass is 432 g/mol. The topological polar surface area (TPSA) is 84.9 Å². The third-order valence-electron chi connectivity index (χ3n) is 5.52. The number of hydrogen-bond donors (Lipinski definition) is 1. The van der Waals surface area contributed by atoms with Gasteiger partial charge in [-0.1, -0.05) is 6.07 Å². The Morgan fingerprint density at radius 1 is 1.07 bits per heavy atom. The molecule has 162 valence electrons. The number of piperidine rings is 1. The molecule has 0 unspecified atom stereocenters. The summed E-state index contributed by atoms with van der Waals surface area (Å²) in [4.78, 5) is 12.9. The van der Waals surface area contributed by atoms with Crippen molar-refractivity contribution in [2.24, 2.45) is 5.92 Å². The number of carbonyl (C=O) groups excluding carboxylic acids is 1. The minimum atomic E-state index is -3.84. The number of methoxy groups -OCH3 is 2. The van der Waals surface area contributed by atoms with Crippen LogP contribution in [0, 0.1) is 19.8 Å². The van der Waals surface area contributed by atoms with E-state index in [1.54, 1.807) is 12.1 Å². The predicted octanol–water partition coefficient (Wildman–Crippen LogP) is 3.36. The van der Waals surface area contributed by atoms with Gasteiger partial charge in [-0.25, -0.2) is 8.42 Å². The fourth-order valence-corrected chi connectivity index (χ4v) is 5.26. The molecule has 1 atom stereocenters. The second-order valence-corrected chi connectivity index (χ2v) is 9.41. The molecule has 1 saturated heterocycles. The molecule has 2 aromatic rings. The number of anilines is 1. The van der Waals surface area contributed by atoms with Gasteiger partial charge in [-0.15, -0.1) is 0 Å². The van der Waals surface area contributed by atoms with Crippen LogP contribution in [0.2, 0.25) is 0 Å². The Morgan fingerprint density at radius 2 is 1.83 bits per heavy atom. The van der Waals surface area contributed by atoms with E-state index in [-0.39, 0.29) is 23.1 Å². The number of amides is 1. The zero-order chi connectivity index (χ0) is 21.9. The highest BCUT2D eigenvalue weighted by Gasteiger charge is 2.35. The lowest BCUT2D eigenvalue weighted by Crippen LogP contribution is -2.43. The summed E-state index contributed by atoms with van der Waals surface area (Å²) in [6, 6.07) is 10.4. The highest BCUT2D eigenvalue weighted by molar-refractivity contribution is 7.89. The Kier molecular flexibility index (Phi) is 6.67. The molecule has 0 radical (unpaired) electrons. The van der Waals surface area contributed by atoms with E-state index in [1.807, 2.05) is 32.0 Å². The maximum Gasteiger partial charge on any atom is 0.246 e. The number of rotatable bonds is 6. The second-order valence-electron chi connectivity index (χ2n) is 7.51. The first-order chi connectivity index (χ1) is 14.3. The van der Waals surface area contributed by atoms with E-state index in [0.29, 0.717) is 25.1 Å². The normalized spacial score (nSPS) is 17.4. The van der Waals surface area contributed by atoms with Crippen LogP contribution in [0.4, 0.5) is 5.69 Å². The van der Waals surface area contributed by atoms with Crippen LogP contribution < -0.4 is 14.8 Å². The molecular weight excluding hydrogens is 404 g/mol. The summed E-state index contributed by atoms with van der Waals surface area (Å²) in [7, 11) is -0.935. The molecule has 2 aromatic carbocycles. The number of nitrogens with zero attached hydrogens (tertiary/aromatic N) is 1. The van der Waals surface area contributed by atoms with Gasteiger partial charge >= 0.3 is 0 Å². The summed E-state index contributed by atoms with van der Waals surface area (Å²) in [6.07, 6.45) is 1.24. The van der Waals surface area contributed by atoms with Crippen LogP contribution in [0.1, 0.15) is 24.0 Å². The van der Waals surface area contributed by atoms with Gasteiger partial charge in [0, 0.05) is 24.8 Å². The van der Waals surface area contributed by atoms with Crippen LogP contribution in [-0.4, -0.2) is 45.9 Å². The summed E-state index contributed by atoms with van der Waals surface area (Å²) >= 11 is 0. The maximum absolute atomic E-state index is 13.3. The van der Waals surface area contributed by atoms with Gasteiger partial charge in [-0.3, -0.25) is 4.79 Å². The second kappa shape index (κ2) is 9.06. The van der Waals surface area contributed by atoms with Crippen molar-refractivity contribution in [3.63, 3.8) is 0 Å². The molecule has 0 spiro atoms. The molecule has 0 aromatic heterocycles. The molecule has 1 amide bonds. The van der Waals surface area contributed by atoms with E-state index in [2.05, 4.69) is 5.32 Å². The minimum Gasteiger partial charge on any atom is -0.497 e. The number of nitrogens with one attached hydrogen (secondary N) is 1. The average Bonchev–Trinajstić information content (AvgIpc) is 2.75. The van der Waals surface area contributed by atoms with E-state index >= 15 is 0 Å². The van der Waals surface area contributed by atoms with Crippen LogP contribution in [0.15, 0.2) is 41.3 Å². The van der Waals surface area contributed by atoms with Gasteiger partial charge in [-0.2, -0.15) is 4.31 Å². The lowest BCUT2D eigenvalue weighted by molar-refractivity contribution is -0.120. The molecule has 1 aliphatic rings. The van der Waals surface area contributed by atoms with E-state index in [0.717, 1.165) is 16.8 Å². The molecule has 1 aliphatic heterocycles. The molecule has 1 N–H and O–H groups in total. The van der Waals surface area contributed by atoms with Crippen molar-refractivity contribution in [3.05, 3.63) is 47.5 Å². The Morgan fingerprint density at radius 3 is 2.50 bits per heavy atom. The number of sulfonamides is 1. The highest BCUT2D eigenvalue weighted by atomic mass is 32.2.